The van der Waals surface area contributed by atoms with E-state index in [2.05, 4.69) is 21.5 Å². The molecule has 1 N–H and O–H groups in total. The highest BCUT2D eigenvalue weighted by atomic mass is 32.1. The summed E-state index contributed by atoms with van der Waals surface area (Å²) >= 11 is 1.57. The SMILES string of the molecule is COc1ccc(CCCNc2nn3cc(C)nc3s2)cc1OC. The Labute approximate surface area is 139 Å². The van der Waals surface area contributed by atoms with E-state index in [4.69, 9.17) is 9.47 Å². The van der Waals surface area contributed by atoms with Gasteiger partial charge in [-0.15, -0.1) is 5.10 Å². The fourth-order valence-electron chi connectivity index (χ4n) is 2.40. The summed E-state index contributed by atoms with van der Waals surface area (Å²) in [5, 5.41) is 8.71. The first-order valence-corrected chi connectivity index (χ1v) is 8.29. The maximum Gasteiger partial charge on any atom is 0.214 e. The van der Waals surface area contributed by atoms with E-state index in [9.17, 15) is 0 Å². The molecule has 0 saturated heterocycles. The van der Waals surface area contributed by atoms with E-state index in [1.54, 1.807) is 25.6 Å². The second-order valence-corrected chi connectivity index (χ2v) is 6.19. The molecule has 0 atom stereocenters. The number of hydrogen-bond donors (Lipinski definition) is 1. The van der Waals surface area contributed by atoms with Crippen LogP contribution in [0.5, 0.6) is 11.5 Å². The van der Waals surface area contributed by atoms with E-state index in [1.165, 1.54) is 5.56 Å². The van der Waals surface area contributed by atoms with Gasteiger partial charge >= 0.3 is 0 Å². The molecule has 0 fully saturated rings. The molecule has 0 saturated carbocycles. The van der Waals surface area contributed by atoms with Gasteiger partial charge in [-0.3, -0.25) is 0 Å². The lowest BCUT2D eigenvalue weighted by atomic mass is 10.1. The first kappa shape index (κ1) is 15.6. The molecule has 0 radical (unpaired) electrons. The van der Waals surface area contributed by atoms with E-state index in [-0.39, 0.29) is 0 Å². The molecule has 0 aliphatic rings. The van der Waals surface area contributed by atoms with Crippen LogP contribution in [0.15, 0.2) is 24.4 Å². The topological polar surface area (TPSA) is 60.7 Å². The highest BCUT2D eigenvalue weighted by molar-refractivity contribution is 7.20. The quantitative estimate of drug-likeness (QED) is 0.674. The van der Waals surface area contributed by atoms with Gasteiger partial charge in [0, 0.05) is 6.54 Å². The van der Waals surface area contributed by atoms with Crippen molar-refractivity contribution >= 4 is 21.4 Å². The zero-order chi connectivity index (χ0) is 16.2. The third kappa shape index (κ3) is 3.56. The van der Waals surface area contributed by atoms with Crippen LogP contribution in [0.2, 0.25) is 0 Å². The lowest BCUT2D eigenvalue weighted by molar-refractivity contribution is 0.354. The smallest absolute Gasteiger partial charge is 0.214 e. The van der Waals surface area contributed by atoms with E-state index < -0.39 is 0 Å². The van der Waals surface area contributed by atoms with Crippen molar-refractivity contribution in [3.63, 3.8) is 0 Å². The molecule has 1 aromatic carbocycles. The van der Waals surface area contributed by atoms with Crippen LogP contribution in [-0.4, -0.2) is 35.4 Å². The van der Waals surface area contributed by atoms with Crippen LogP contribution >= 0.6 is 11.3 Å². The van der Waals surface area contributed by atoms with E-state index in [1.807, 2.05) is 29.8 Å². The summed E-state index contributed by atoms with van der Waals surface area (Å²) in [5.41, 5.74) is 2.22. The normalized spacial score (nSPS) is 10.9. The number of anilines is 1. The standard InChI is InChI=1S/C16H20N4O2S/c1-11-10-20-16(18-11)23-15(19-20)17-8-4-5-12-6-7-13(21-2)14(9-12)22-3/h6-7,9-10H,4-5,8H2,1-3H3,(H,17,19). The molecule has 3 aromatic rings. The summed E-state index contributed by atoms with van der Waals surface area (Å²) in [7, 11) is 3.30. The van der Waals surface area contributed by atoms with Crippen molar-refractivity contribution in [3.8, 4) is 11.5 Å². The Kier molecular flexibility index (Phi) is 4.66. The predicted molar refractivity (Wildman–Crippen MR) is 92.0 cm³/mol. The summed E-state index contributed by atoms with van der Waals surface area (Å²) in [4.78, 5) is 5.32. The molecule has 7 heteroatoms. The van der Waals surface area contributed by atoms with E-state index >= 15 is 0 Å². The first-order chi connectivity index (χ1) is 11.2. The molecule has 0 unspecified atom stereocenters. The summed E-state index contributed by atoms with van der Waals surface area (Å²) in [6.07, 6.45) is 3.91. The van der Waals surface area contributed by atoms with Crippen molar-refractivity contribution in [1.82, 2.24) is 14.6 Å². The van der Waals surface area contributed by atoms with Crippen molar-refractivity contribution in [2.24, 2.45) is 0 Å². The van der Waals surface area contributed by atoms with Gasteiger partial charge in [0.25, 0.3) is 0 Å². The molecule has 0 spiro atoms. The summed E-state index contributed by atoms with van der Waals surface area (Å²) in [5.74, 6) is 1.53. The number of ether oxygens (including phenoxy) is 2. The second-order valence-electron chi connectivity index (χ2n) is 5.24. The zero-order valence-corrected chi connectivity index (χ0v) is 14.3. The Bertz CT molecular complexity index is 765. The Morgan fingerprint density at radius 1 is 1.22 bits per heavy atom. The van der Waals surface area contributed by atoms with Crippen LogP contribution < -0.4 is 14.8 Å². The van der Waals surface area contributed by atoms with Crippen LogP contribution in [0.25, 0.3) is 4.96 Å². The molecule has 0 aliphatic heterocycles. The van der Waals surface area contributed by atoms with Gasteiger partial charge in [0.05, 0.1) is 26.1 Å². The minimum absolute atomic E-state index is 0.760. The number of hydrogen-bond acceptors (Lipinski definition) is 6. The molecule has 6 nitrogen and oxygen atoms in total. The maximum absolute atomic E-state index is 5.33. The van der Waals surface area contributed by atoms with Crippen LogP contribution in [0.3, 0.4) is 0 Å². The molecule has 2 aromatic heterocycles. The Morgan fingerprint density at radius 3 is 2.78 bits per heavy atom. The number of rotatable bonds is 7. The van der Waals surface area contributed by atoms with Crippen molar-refractivity contribution < 1.29 is 9.47 Å². The van der Waals surface area contributed by atoms with Gasteiger partial charge < -0.3 is 14.8 Å². The van der Waals surface area contributed by atoms with Gasteiger partial charge in [-0.25, -0.2) is 9.50 Å². The van der Waals surface area contributed by atoms with Gasteiger partial charge in [-0.2, -0.15) is 0 Å². The Hall–Kier alpha value is -2.28. The fraction of sp³-hybridized carbons (Fsp3) is 0.375. The number of nitrogens with zero attached hydrogens (tertiary/aromatic N) is 3. The zero-order valence-electron chi connectivity index (χ0n) is 13.5. The van der Waals surface area contributed by atoms with Gasteiger partial charge in [-0.05, 0) is 37.5 Å². The largest absolute Gasteiger partial charge is 0.493 e. The van der Waals surface area contributed by atoms with Gasteiger partial charge in [0.1, 0.15) is 0 Å². The second kappa shape index (κ2) is 6.87. The summed E-state index contributed by atoms with van der Waals surface area (Å²) in [6.45, 7) is 2.83. The number of nitrogens with one attached hydrogen (secondary N) is 1. The Morgan fingerprint density at radius 2 is 2.04 bits per heavy atom. The highest BCUT2D eigenvalue weighted by Crippen LogP contribution is 2.28. The van der Waals surface area contributed by atoms with E-state index in [0.29, 0.717) is 0 Å². The number of methoxy groups -OCH3 is 2. The monoisotopic (exact) mass is 332 g/mol. The third-order valence-electron chi connectivity index (χ3n) is 3.53. The van der Waals surface area contributed by atoms with Crippen LogP contribution in [0, 0.1) is 6.92 Å². The average Bonchev–Trinajstić information content (AvgIpc) is 3.08. The van der Waals surface area contributed by atoms with Crippen molar-refractivity contribution in [2.75, 3.05) is 26.1 Å². The lowest BCUT2D eigenvalue weighted by Crippen LogP contribution is -2.03. The van der Waals surface area contributed by atoms with Gasteiger partial charge in [-0.1, -0.05) is 17.4 Å². The van der Waals surface area contributed by atoms with E-state index in [0.717, 1.165) is 46.7 Å². The average molecular weight is 332 g/mol. The fourth-order valence-corrected chi connectivity index (χ4v) is 3.26. The molecule has 122 valence electrons. The molecule has 2 heterocycles. The van der Waals surface area contributed by atoms with Gasteiger partial charge in [0.15, 0.2) is 11.5 Å². The molecule has 0 bridgehead atoms. The number of aryl methyl sites for hydroxylation is 2. The molecular weight excluding hydrogens is 312 g/mol. The summed E-state index contributed by atoms with van der Waals surface area (Å²) in [6, 6.07) is 6.04. The maximum atomic E-state index is 5.33. The highest BCUT2D eigenvalue weighted by Gasteiger charge is 2.06. The number of benzene rings is 1. The number of aromatic nitrogens is 3. The Balaban J connectivity index is 1.52. The van der Waals surface area contributed by atoms with Crippen molar-refractivity contribution in [3.05, 3.63) is 35.7 Å². The first-order valence-electron chi connectivity index (χ1n) is 7.47. The van der Waals surface area contributed by atoms with Crippen LogP contribution in [0.4, 0.5) is 5.13 Å². The molecular formula is C16H20N4O2S. The van der Waals surface area contributed by atoms with Crippen LogP contribution in [0.1, 0.15) is 17.7 Å². The third-order valence-corrected chi connectivity index (χ3v) is 4.41. The number of fused-ring (bicyclic) bond motifs is 1. The summed E-state index contributed by atoms with van der Waals surface area (Å²) < 4.78 is 12.4. The van der Waals surface area contributed by atoms with Crippen molar-refractivity contribution in [2.45, 2.75) is 19.8 Å². The number of imidazole rings is 1. The minimum Gasteiger partial charge on any atom is -0.493 e. The van der Waals surface area contributed by atoms with Crippen LogP contribution in [-0.2, 0) is 6.42 Å². The molecule has 3 rings (SSSR count). The molecule has 0 aliphatic carbocycles. The predicted octanol–water partition coefficient (Wildman–Crippen LogP) is 3.16. The van der Waals surface area contributed by atoms with Crippen molar-refractivity contribution in [1.29, 1.82) is 0 Å². The van der Waals surface area contributed by atoms with Gasteiger partial charge in [0.2, 0.25) is 10.1 Å². The molecule has 0 amide bonds. The molecule has 23 heavy (non-hydrogen) atoms. The minimum atomic E-state index is 0.760. The lowest BCUT2D eigenvalue weighted by Gasteiger charge is -2.09.